The molecule has 0 amide bonds. The van der Waals surface area contributed by atoms with Crippen LogP contribution in [0, 0.1) is 16.0 Å². The molecule has 1 atom stereocenters. The van der Waals surface area contributed by atoms with E-state index in [0.29, 0.717) is 25.4 Å². The standard InChI is InChI=1S/C14H20N2O5/c1-4-15(9-10(3)14(17)18)11-6-7-12(16(19)20)13(8-11)21-5-2/h6-8,10H,4-5,9H2,1-3H3,(H,17,18). The van der Waals surface area contributed by atoms with Gasteiger partial charge in [-0.05, 0) is 19.9 Å². The molecule has 0 fully saturated rings. The molecule has 7 heteroatoms. The minimum atomic E-state index is -0.875. The monoisotopic (exact) mass is 296 g/mol. The second-order valence-electron chi connectivity index (χ2n) is 4.62. The fourth-order valence-corrected chi connectivity index (χ4v) is 1.95. The Morgan fingerprint density at radius 1 is 1.48 bits per heavy atom. The molecule has 0 heterocycles. The Morgan fingerprint density at radius 2 is 2.14 bits per heavy atom. The lowest BCUT2D eigenvalue weighted by molar-refractivity contribution is -0.385. The van der Waals surface area contributed by atoms with Crippen molar-refractivity contribution in [3.8, 4) is 5.75 Å². The molecular formula is C14H20N2O5. The van der Waals surface area contributed by atoms with Crippen LogP contribution in [0.1, 0.15) is 20.8 Å². The predicted octanol–water partition coefficient (Wildman–Crippen LogP) is 2.54. The second kappa shape index (κ2) is 7.47. The van der Waals surface area contributed by atoms with Crippen LogP contribution in [-0.2, 0) is 4.79 Å². The number of hydrogen-bond acceptors (Lipinski definition) is 5. The van der Waals surface area contributed by atoms with Gasteiger partial charge in [-0.15, -0.1) is 0 Å². The van der Waals surface area contributed by atoms with Gasteiger partial charge in [0.1, 0.15) is 0 Å². The number of carbonyl (C=O) groups is 1. The first kappa shape index (κ1) is 16.7. The number of nitrogens with zero attached hydrogens (tertiary/aromatic N) is 2. The molecule has 21 heavy (non-hydrogen) atoms. The number of nitro benzene ring substituents is 1. The minimum Gasteiger partial charge on any atom is -0.487 e. The first-order chi connectivity index (χ1) is 9.90. The van der Waals surface area contributed by atoms with Crippen molar-refractivity contribution in [2.45, 2.75) is 20.8 Å². The molecule has 116 valence electrons. The van der Waals surface area contributed by atoms with Crippen LogP contribution in [0.4, 0.5) is 11.4 Å². The number of ether oxygens (including phenoxy) is 1. The summed E-state index contributed by atoms with van der Waals surface area (Å²) in [4.78, 5) is 23.3. The lowest BCUT2D eigenvalue weighted by atomic mass is 10.1. The second-order valence-corrected chi connectivity index (χ2v) is 4.62. The van der Waals surface area contributed by atoms with Crippen molar-refractivity contribution < 1.29 is 19.6 Å². The maximum Gasteiger partial charge on any atom is 0.311 e. The van der Waals surface area contributed by atoms with Crippen LogP contribution in [0.3, 0.4) is 0 Å². The summed E-state index contributed by atoms with van der Waals surface area (Å²) < 4.78 is 5.30. The van der Waals surface area contributed by atoms with Crippen LogP contribution in [0.5, 0.6) is 5.75 Å². The molecular weight excluding hydrogens is 276 g/mol. The average Bonchev–Trinajstić information content (AvgIpc) is 2.44. The Labute approximate surface area is 123 Å². The van der Waals surface area contributed by atoms with Crippen molar-refractivity contribution >= 4 is 17.3 Å². The van der Waals surface area contributed by atoms with Crippen LogP contribution in [0.2, 0.25) is 0 Å². The molecule has 1 N–H and O–H groups in total. The summed E-state index contributed by atoms with van der Waals surface area (Å²) in [6.45, 7) is 6.52. The van der Waals surface area contributed by atoms with E-state index in [1.165, 1.54) is 6.07 Å². The molecule has 1 unspecified atom stereocenters. The first-order valence-electron chi connectivity index (χ1n) is 6.79. The smallest absolute Gasteiger partial charge is 0.311 e. The van der Waals surface area contributed by atoms with Crippen LogP contribution >= 0.6 is 0 Å². The molecule has 7 nitrogen and oxygen atoms in total. The molecule has 1 aromatic rings. The van der Waals surface area contributed by atoms with Gasteiger partial charge in [-0.1, -0.05) is 6.92 Å². The van der Waals surface area contributed by atoms with Gasteiger partial charge >= 0.3 is 11.7 Å². The zero-order chi connectivity index (χ0) is 16.0. The third-order valence-electron chi connectivity index (χ3n) is 3.10. The van der Waals surface area contributed by atoms with Crippen molar-refractivity contribution in [3.05, 3.63) is 28.3 Å². The topological polar surface area (TPSA) is 92.9 Å². The van der Waals surface area contributed by atoms with E-state index in [9.17, 15) is 14.9 Å². The Morgan fingerprint density at radius 3 is 2.62 bits per heavy atom. The highest BCUT2D eigenvalue weighted by molar-refractivity contribution is 5.70. The van der Waals surface area contributed by atoms with Gasteiger partial charge in [-0.3, -0.25) is 14.9 Å². The number of rotatable bonds is 8. The number of benzene rings is 1. The molecule has 0 spiro atoms. The van der Waals surface area contributed by atoms with E-state index in [-0.39, 0.29) is 11.4 Å². The van der Waals surface area contributed by atoms with Gasteiger partial charge < -0.3 is 14.7 Å². The number of carboxylic acid groups (broad SMARTS) is 1. The fourth-order valence-electron chi connectivity index (χ4n) is 1.95. The number of anilines is 1. The molecule has 0 saturated carbocycles. The maximum atomic E-state index is 11.0. The highest BCUT2D eigenvalue weighted by atomic mass is 16.6. The third kappa shape index (κ3) is 4.34. The van der Waals surface area contributed by atoms with E-state index in [1.807, 2.05) is 11.8 Å². The predicted molar refractivity (Wildman–Crippen MR) is 79.0 cm³/mol. The lowest BCUT2D eigenvalue weighted by Gasteiger charge is -2.25. The summed E-state index contributed by atoms with van der Waals surface area (Å²) in [5.74, 6) is -1.21. The van der Waals surface area contributed by atoms with E-state index in [0.717, 1.165) is 0 Å². The summed E-state index contributed by atoms with van der Waals surface area (Å²) in [5.41, 5.74) is 0.614. The minimum absolute atomic E-state index is 0.0945. The number of aliphatic carboxylic acids is 1. The molecule has 1 rings (SSSR count). The van der Waals surface area contributed by atoms with Crippen molar-refractivity contribution in [2.24, 2.45) is 5.92 Å². The zero-order valence-electron chi connectivity index (χ0n) is 12.4. The van der Waals surface area contributed by atoms with Crippen molar-refractivity contribution in [2.75, 3.05) is 24.6 Å². The van der Waals surface area contributed by atoms with E-state index < -0.39 is 16.8 Å². The summed E-state index contributed by atoms with van der Waals surface area (Å²) in [7, 11) is 0. The molecule has 0 aliphatic rings. The van der Waals surface area contributed by atoms with Crippen LogP contribution in [0.25, 0.3) is 0 Å². The zero-order valence-corrected chi connectivity index (χ0v) is 12.4. The molecule has 0 radical (unpaired) electrons. The van der Waals surface area contributed by atoms with Gasteiger partial charge in [0.2, 0.25) is 0 Å². The SMILES string of the molecule is CCOc1cc(N(CC)CC(C)C(=O)O)ccc1[N+](=O)[O-]. The molecule has 0 aliphatic heterocycles. The number of nitro groups is 1. The highest BCUT2D eigenvalue weighted by Crippen LogP contribution is 2.32. The number of hydrogen-bond donors (Lipinski definition) is 1. The van der Waals surface area contributed by atoms with Gasteiger partial charge in [0, 0.05) is 30.9 Å². The van der Waals surface area contributed by atoms with Gasteiger partial charge in [-0.25, -0.2) is 0 Å². The van der Waals surface area contributed by atoms with Crippen LogP contribution in [-0.4, -0.2) is 35.7 Å². The van der Waals surface area contributed by atoms with Crippen LogP contribution in [0.15, 0.2) is 18.2 Å². The molecule has 0 saturated heterocycles. The normalized spacial score (nSPS) is 11.8. The Kier molecular flexibility index (Phi) is 5.95. The van der Waals surface area contributed by atoms with Crippen molar-refractivity contribution in [1.82, 2.24) is 0 Å². The fraction of sp³-hybridized carbons (Fsp3) is 0.500. The molecule has 1 aromatic carbocycles. The van der Waals surface area contributed by atoms with E-state index in [2.05, 4.69) is 0 Å². The summed E-state index contributed by atoms with van der Waals surface area (Å²) in [6, 6.07) is 4.58. The van der Waals surface area contributed by atoms with Gasteiger partial charge in [0.25, 0.3) is 0 Å². The van der Waals surface area contributed by atoms with Crippen molar-refractivity contribution in [3.63, 3.8) is 0 Å². The lowest BCUT2D eigenvalue weighted by Crippen LogP contribution is -2.31. The first-order valence-corrected chi connectivity index (χ1v) is 6.79. The molecule has 0 aliphatic carbocycles. The van der Waals surface area contributed by atoms with E-state index in [1.54, 1.807) is 26.0 Å². The van der Waals surface area contributed by atoms with Gasteiger partial charge in [0.15, 0.2) is 5.75 Å². The van der Waals surface area contributed by atoms with Gasteiger partial charge in [-0.2, -0.15) is 0 Å². The summed E-state index contributed by atoms with van der Waals surface area (Å²) in [6.07, 6.45) is 0. The summed E-state index contributed by atoms with van der Waals surface area (Å²) in [5, 5.41) is 19.9. The quantitative estimate of drug-likeness (QED) is 0.585. The highest BCUT2D eigenvalue weighted by Gasteiger charge is 2.20. The third-order valence-corrected chi connectivity index (χ3v) is 3.10. The Hall–Kier alpha value is -2.31. The largest absolute Gasteiger partial charge is 0.487 e. The number of carboxylic acids is 1. The molecule has 0 aromatic heterocycles. The maximum absolute atomic E-state index is 11.0. The average molecular weight is 296 g/mol. The van der Waals surface area contributed by atoms with E-state index in [4.69, 9.17) is 9.84 Å². The molecule has 0 bridgehead atoms. The summed E-state index contributed by atoms with van der Waals surface area (Å²) >= 11 is 0. The van der Waals surface area contributed by atoms with E-state index >= 15 is 0 Å². The Balaban J connectivity index is 3.07. The van der Waals surface area contributed by atoms with Crippen molar-refractivity contribution in [1.29, 1.82) is 0 Å². The van der Waals surface area contributed by atoms with Crippen LogP contribution < -0.4 is 9.64 Å². The Bertz CT molecular complexity index is 518. The van der Waals surface area contributed by atoms with Gasteiger partial charge in [0.05, 0.1) is 17.4 Å².